The summed E-state index contributed by atoms with van der Waals surface area (Å²) < 4.78 is 11.5. The first kappa shape index (κ1) is 29.8. The SMILES string of the molecule is CC(C)[C@H]1COc2ccccc2C(=O)N[C@H](C(=O)NCCN2CCOCC2)CCC(=O)NC2(CCCC2)C(=O)N1. The van der Waals surface area contributed by atoms with Gasteiger partial charge in [-0.25, -0.2) is 0 Å². The molecule has 4 N–H and O–H groups in total. The normalized spacial score (nSPS) is 24.6. The number of carbonyl (C=O) groups excluding carboxylic acids is 4. The fourth-order valence-corrected chi connectivity index (χ4v) is 5.45. The van der Waals surface area contributed by atoms with Crippen LogP contribution < -0.4 is 26.0 Å². The van der Waals surface area contributed by atoms with E-state index in [9.17, 15) is 19.2 Å². The first-order chi connectivity index (χ1) is 19.3. The average Bonchev–Trinajstić information content (AvgIpc) is 3.42. The molecule has 1 aromatic carbocycles. The molecule has 0 aromatic heterocycles. The average molecular weight is 558 g/mol. The third-order valence-corrected chi connectivity index (χ3v) is 8.05. The molecule has 0 radical (unpaired) electrons. The van der Waals surface area contributed by atoms with Crippen LogP contribution in [0.3, 0.4) is 0 Å². The molecule has 4 rings (SSSR count). The minimum absolute atomic E-state index is 0.0113. The molecule has 1 spiro atoms. The Bertz CT molecular complexity index is 1050. The number of para-hydroxylation sites is 1. The molecule has 0 bridgehead atoms. The zero-order chi connectivity index (χ0) is 28.5. The highest BCUT2D eigenvalue weighted by Gasteiger charge is 2.43. The molecule has 1 saturated carbocycles. The smallest absolute Gasteiger partial charge is 0.255 e. The van der Waals surface area contributed by atoms with Crippen molar-refractivity contribution in [3.05, 3.63) is 29.8 Å². The standard InChI is InChI=1S/C29H43N5O6/c1-20(2)23-19-40-24-8-4-3-7-21(24)26(36)31-22(27(37)30-13-14-34-15-17-39-18-16-34)9-10-25(35)33-29(28(38)32-23)11-5-6-12-29/h3-4,7-8,20,22-23H,5-6,9-19H2,1-2H3,(H,30,37)(H,31,36)(H,32,38)(H,33,35)/t22-,23+/m0/s1. The number of fused-ring (bicyclic) bond motifs is 1. The summed E-state index contributed by atoms with van der Waals surface area (Å²) in [6, 6.07) is 5.58. The number of nitrogens with zero attached hydrogens (tertiary/aromatic N) is 1. The first-order valence-electron chi connectivity index (χ1n) is 14.5. The van der Waals surface area contributed by atoms with Crippen LogP contribution in [0, 0.1) is 5.92 Å². The van der Waals surface area contributed by atoms with Gasteiger partial charge in [-0.2, -0.15) is 0 Å². The van der Waals surface area contributed by atoms with Crippen molar-refractivity contribution in [1.29, 1.82) is 0 Å². The van der Waals surface area contributed by atoms with E-state index < -0.39 is 17.5 Å². The number of rotatable bonds is 5. The predicted octanol–water partition coefficient (Wildman–Crippen LogP) is 0.976. The predicted molar refractivity (Wildman–Crippen MR) is 149 cm³/mol. The zero-order valence-electron chi connectivity index (χ0n) is 23.6. The van der Waals surface area contributed by atoms with Crippen molar-refractivity contribution >= 4 is 23.6 Å². The molecule has 2 fully saturated rings. The van der Waals surface area contributed by atoms with Crippen molar-refractivity contribution < 1.29 is 28.7 Å². The van der Waals surface area contributed by atoms with E-state index in [1.54, 1.807) is 24.3 Å². The fraction of sp³-hybridized carbons (Fsp3) is 0.655. The van der Waals surface area contributed by atoms with Gasteiger partial charge in [-0.15, -0.1) is 0 Å². The Hall–Kier alpha value is -3.18. The van der Waals surface area contributed by atoms with Gasteiger partial charge >= 0.3 is 0 Å². The highest BCUT2D eigenvalue weighted by molar-refractivity contribution is 6.00. The summed E-state index contributed by atoms with van der Waals surface area (Å²) in [4.78, 5) is 55.5. The van der Waals surface area contributed by atoms with Gasteiger partial charge in [-0.05, 0) is 37.3 Å². The molecule has 220 valence electrons. The monoisotopic (exact) mass is 557 g/mol. The third-order valence-electron chi connectivity index (χ3n) is 8.05. The van der Waals surface area contributed by atoms with Crippen LogP contribution in [0.25, 0.3) is 0 Å². The highest BCUT2D eigenvalue weighted by atomic mass is 16.5. The summed E-state index contributed by atoms with van der Waals surface area (Å²) in [5, 5.41) is 11.8. The lowest BCUT2D eigenvalue weighted by Crippen LogP contribution is -2.60. The largest absolute Gasteiger partial charge is 0.491 e. The Kier molecular flexibility index (Phi) is 10.4. The van der Waals surface area contributed by atoms with Crippen molar-refractivity contribution in [2.75, 3.05) is 46.0 Å². The van der Waals surface area contributed by atoms with E-state index in [-0.39, 0.29) is 54.7 Å². The maximum absolute atomic E-state index is 13.5. The van der Waals surface area contributed by atoms with Gasteiger partial charge in [0.15, 0.2) is 0 Å². The molecule has 11 nitrogen and oxygen atoms in total. The highest BCUT2D eigenvalue weighted by Crippen LogP contribution is 2.31. The first-order valence-corrected chi connectivity index (χ1v) is 14.5. The molecular formula is C29H43N5O6. The van der Waals surface area contributed by atoms with Gasteiger partial charge in [0.25, 0.3) is 5.91 Å². The van der Waals surface area contributed by atoms with E-state index in [1.165, 1.54) is 0 Å². The molecule has 1 aliphatic carbocycles. The second-order valence-electron chi connectivity index (χ2n) is 11.3. The lowest BCUT2D eigenvalue weighted by atomic mass is 9.94. The Labute approximate surface area is 236 Å². The second-order valence-corrected chi connectivity index (χ2v) is 11.3. The van der Waals surface area contributed by atoms with Crippen molar-refractivity contribution in [3.8, 4) is 5.75 Å². The Morgan fingerprint density at radius 2 is 1.82 bits per heavy atom. The van der Waals surface area contributed by atoms with Crippen LogP contribution in [-0.2, 0) is 19.1 Å². The van der Waals surface area contributed by atoms with Crippen LogP contribution in [0.4, 0.5) is 0 Å². The summed E-state index contributed by atoms with van der Waals surface area (Å²) in [6.45, 7) is 8.16. The summed E-state index contributed by atoms with van der Waals surface area (Å²) in [5.41, 5.74) is -0.699. The summed E-state index contributed by atoms with van der Waals surface area (Å²) in [5.74, 6) is -0.922. The molecule has 1 aromatic rings. The van der Waals surface area contributed by atoms with Gasteiger partial charge in [-0.3, -0.25) is 24.1 Å². The number of carbonyl (C=O) groups is 4. The molecule has 40 heavy (non-hydrogen) atoms. The van der Waals surface area contributed by atoms with Gasteiger partial charge in [0.1, 0.15) is 23.9 Å². The molecule has 2 aliphatic heterocycles. The van der Waals surface area contributed by atoms with E-state index >= 15 is 0 Å². The van der Waals surface area contributed by atoms with Crippen LogP contribution in [0.5, 0.6) is 5.75 Å². The topological polar surface area (TPSA) is 138 Å². The van der Waals surface area contributed by atoms with Gasteiger partial charge in [-0.1, -0.05) is 38.8 Å². The van der Waals surface area contributed by atoms with Gasteiger partial charge < -0.3 is 30.7 Å². The molecule has 0 unspecified atom stereocenters. The molecule has 1 saturated heterocycles. The maximum Gasteiger partial charge on any atom is 0.255 e. The van der Waals surface area contributed by atoms with E-state index in [0.717, 1.165) is 25.9 Å². The second kappa shape index (κ2) is 13.9. The van der Waals surface area contributed by atoms with Crippen LogP contribution in [0.2, 0.25) is 0 Å². The van der Waals surface area contributed by atoms with Crippen molar-refractivity contribution in [1.82, 2.24) is 26.2 Å². The molecule has 11 heteroatoms. The minimum atomic E-state index is -0.985. The lowest BCUT2D eigenvalue weighted by molar-refractivity contribution is -0.134. The fourth-order valence-electron chi connectivity index (χ4n) is 5.45. The number of hydrogen-bond acceptors (Lipinski definition) is 7. The Morgan fingerprint density at radius 1 is 1.10 bits per heavy atom. The van der Waals surface area contributed by atoms with Crippen LogP contribution in [0.15, 0.2) is 24.3 Å². The molecule has 2 atom stereocenters. The van der Waals surface area contributed by atoms with Crippen LogP contribution >= 0.6 is 0 Å². The summed E-state index contributed by atoms with van der Waals surface area (Å²) in [7, 11) is 0. The lowest BCUT2D eigenvalue weighted by Gasteiger charge is -2.32. The van der Waals surface area contributed by atoms with E-state index in [0.29, 0.717) is 44.9 Å². The van der Waals surface area contributed by atoms with Gasteiger partial charge in [0.2, 0.25) is 17.7 Å². The molecular weight excluding hydrogens is 514 g/mol. The van der Waals surface area contributed by atoms with Crippen molar-refractivity contribution in [2.45, 2.75) is 70.0 Å². The van der Waals surface area contributed by atoms with Crippen molar-refractivity contribution in [2.24, 2.45) is 5.92 Å². The Balaban J connectivity index is 1.54. The minimum Gasteiger partial charge on any atom is -0.491 e. The number of ether oxygens (including phenoxy) is 2. The zero-order valence-corrected chi connectivity index (χ0v) is 23.6. The maximum atomic E-state index is 13.5. The third kappa shape index (κ3) is 7.72. The summed E-state index contributed by atoms with van der Waals surface area (Å²) in [6.07, 6.45) is 2.88. The van der Waals surface area contributed by atoms with Crippen LogP contribution in [0.1, 0.15) is 62.7 Å². The number of morpholine rings is 1. The van der Waals surface area contributed by atoms with Crippen molar-refractivity contribution in [3.63, 3.8) is 0 Å². The number of benzene rings is 1. The van der Waals surface area contributed by atoms with Gasteiger partial charge in [0.05, 0.1) is 24.8 Å². The van der Waals surface area contributed by atoms with Gasteiger partial charge in [0, 0.05) is 32.6 Å². The van der Waals surface area contributed by atoms with E-state index in [1.807, 2.05) is 13.8 Å². The molecule has 4 amide bonds. The molecule has 2 heterocycles. The molecule has 3 aliphatic rings. The van der Waals surface area contributed by atoms with E-state index in [4.69, 9.17) is 9.47 Å². The summed E-state index contributed by atoms with van der Waals surface area (Å²) >= 11 is 0. The van der Waals surface area contributed by atoms with E-state index in [2.05, 4.69) is 26.2 Å². The van der Waals surface area contributed by atoms with Crippen LogP contribution in [-0.4, -0.2) is 92.2 Å². The number of hydrogen-bond donors (Lipinski definition) is 4. The quantitative estimate of drug-likeness (QED) is 0.423. The number of amides is 4. The number of nitrogens with one attached hydrogen (secondary N) is 4. The Morgan fingerprint density at radius 3 is 2.55 bits per heavy atom.